The summed E-state index contributed by atoms with van der Waals surface area (Å²) >= 11 is 0. The summed E-state index contributed by atoms with van der Waals surface area (Å²) in [5.74, 6) is 0. The molecule has 2 atom stereocenters. The van der Waals surface area contributed by atoms with E-state index in [0.717, 1.165) is 25.2 Å². The Kier molecular flexibility index (Phi) is 4.02. The maximum absolute atomic E-state index is 5.80. The molecule has 2 aromatic rings. The zero-order valence-corrected chi connectivity index (χ0v) is 11.8. The van der Waals surface area contributed by atoms with E-state index in [1.165, 1.54) is 12.0 Å². The normalized spacial score (nSPS) is 22.1. The van der Waals surface area contributed by atoms with E-state index in [0.29, 0.717) is 12.2 Å². The monoisotopic (exact) mass is 271 g/mol. The van der Waals surface area contributed by atoms with Gasteiger partial charge in [0.25, 0.3) is 0 Å². The fraction of sp³-hybridized carbons (Fsp3) is 0.438. The predicted molar refractivity (Wildman–Crippen MR) is 79.8 cm³/mol. The van der Waals surface area contributed by atoms with E-state index in [-0.39, 0.29) is 0 Å². The van der Waals surface area contributed by atoms with Crippen LogP contribution in [-0.4, -0.2) is 28.5 Å². The Morgan fingerprint density at radius 1 is 1.30 bits per heavy atom. The van der Waals surface area contributed by atoms with Gasteiger partial charge < -0.3 is 10.1 Å². The van der Waals surface area contributed by atoms with E-state index in [4.69, 9.17) is 4.74 Å². The number of hydrogen-bond acceptors (Lipinski definition) is 3. The van der Waals surface area contributed by atoms with E-state index >= 15 is 0 Å². The van der Waals surface area contributed by atoms with Gasteiger partial charge in [-0.2, -0.15) is 5.10 Å². The summed E-state index contributed by atoms with van der Waals surface area (Å²) in [7, 11) is 0. The second-order valence-corrected chi connectivity index (χ2v) is 5.44. The zero-order chi connectivity index (χ0) is 13.8. The van der Waals surface area contributed by atoms with Crippen LogP contribution in [0.2, 0.25) is 0 Å². The molecule has 20 heavy (non-hydrogen) atoms. The van der Waals surface area contributed by atoms with Crippen molar-refractivity contribution >= 4 is 5.69 Å². The third-order valence-corrected chi connectivity index (χ3v) is 3.67. The van der Waals surface area contributed by atoms with E-state index in [9.17, 15) is 0 Å². The van der Waals surface area contributed by atoms with Gasteiger partial charge in [-0.15, -0.1) is 0 Å². The molecular weight excluding hydrogens is 250 g/mol. The summed E-state index contributed by atoms with van der Waals surface area (Å²) in [5.41, 5.74) is 2.32. The molecule has 1 aliphatic rings. The first-order valence-electron chi connectivity index (χ1n) is 7.25. The Balaban J connectivity index is 1.52. The van der Waals surface area contributed by atoms with Gasteiger partial charge in [0, 0.05) is 12.7 Å². The number of anilines is 1. The number of nitrogens with one attached hydrogen (secondary N) is 1. The number of rotatable bonds is 5. The van der Waals surface area contributed by atoms with Gasteiger partial charge in [-0.3, -0.25) is 4.68 Å². The second-order valence-electron chi connectivity index (χ2n) is 5.44. The SMILES string of the molecule is CC1CCC(CNc2cnn(Cc3ccccc3)c2)O1. The molecule has 0 aliphatic carbocycles. The number of ether oxygens (including phenoxy) is 1. The molecule has 0 radical (unpaired) electrons. The van der Waals surface area contributed by atoms with Crippen molar-refractivity contribution in [3.8, 4) is 0 Å². The molecule has 106 valence electrons. The molecule has 3 rings (SSSR count). The summed E-state index contributed by atoms with van der Waals surface area (Å²) in [6, 6.07) is 10.4. The molecule has 1 fully saturated rings. The van der Waals surface area contributed by atoms with Crippen LogP contribution in [0.4, 0.5) is 5.69 Å². The fourth-order valence-electron chi connectivity index (χ4n) is 2.58. The van der Waals surface area contributed by atoms with E-state index in [2.05, 4.69) is 41.6 Å². The molecule has 2 unspecified atom stereocenters. The lowest BCUT2D eigenvalue weighted by atomic mass is 10.2. The van der Waals surface area contributed by atoms with Crippen LogP contribution >= 0.6 is 0 Å². The van der Waals surface area contributed by atoms with E-state index < -0.39 is 0 Å². The number of benzene rings is 1. The molecule has 0 spiro atoms. The van der Waals surface area contributed by atoms with Crippen molar-refractivity contribution in [2.24, 2.45) is 0 Å². The molecule has 0 amide bonds. The van der Waals surface area contributed by atoms with Gasteiger partial charge in [0.05, 0.1) is 30.6 Å². The third-order valence-electron chi connectivity index (χ3n) is 3.67. The smallest absolute Gasteiger partial charge is 0.0751 e. The number of aromatic nitrogens is 2. The van der Waals surface area contributed by atoms with E-state index in [1.807, 2.05) is 23.1 Å². The summed E-state index contributed by atoms with van der Waals surface area (Å²) < 4.78 is 7.75. The van der Waals surface area contributed by atoms with Gasteiger partial charge in [-0.25, -0.2) is 0 Å². The molecule has 1 aromatic carbocycles. The Morgan fingerprint density at radius 3 is 2.90 bits per heavy atom. The van der Waals surface area contributed by atoms with Crippen molar-refractivity contribution in [2.45, 2.75) is 38.5 Å². The summed E-state index contributed by atoms with van der Waals surface area (Å²) in [5, 5.41) is 7.79. The molecule has 1 saturated heterocycles. The third kappa shape index (κ3) is 3.39. The van der Waals surface area contributed by atoms with Crippen LogP contribution in [0, 0.1) is 0 Å². The standard InChI is InChI=1S/C16H21N3O/c1-13-7-8-16(20-13)10-17-15-9-18-19(12-15)11-14-5-3-2-4-6-14/h2-6,9,12-13,16-17H,7-8,10-11H2,1H3. The van der Waals surface area contributed by atoms with Gasteiger partial charge in [-0.05, 0) is 25.3 Å². The summed E-state index contributed by atoms with van der Waals surface area (Å²) in [6.45, 7) is 3.80. The average molecular weight is 271 g/mol. The summed E-state index contributed by atoms with van der Waals surface area (Å²) in [4.78, 5) is 0. The fourth-order valence-corrected chi connectivity index (χ4v) is 2.58. The molecule has 4 nitrogen and oxygen atoms in total. The van der Waals surface area contributed by atoms with Gasteiger partial charge in [0.2, 0.25) is 0 Å². The van der Waals surface area contributed by atoms with E-state index in [1.54, 1.807) is 0 Å². The molecule has 1 aromatic heterocycles. The molecule has 1 N–H and O–H groups in total. The molecular formula is C16H21N3O. The zero-order valence-electron chi connectivity index (χ0n) is 11.8. The highest BCUT2D eigenvalue weighted by atomic mass is 16.5. The van der Waals surface area contributed by atoms with Crippen molar-refractivity contribution in [1.29, 1.82) is 0 Å². The molecule has 2 heterocycles. The average Bonchev–Trinajstić information content (AvgIpc) is 3.07. The minimum Gasteiger partial charge on any atom is -0.380 e. The van der Waals surface area contributed by atoms with Crippen molar-refractivity contribution in [2.75, 3.05) is 11.9 Å². The molecule has 0 bridgehead atoms. The first-order valence-corrected chi connectivity index (χ1v) is 7.25. The van der Waals surface area contributed by atoms with Crippen LogP contribution < -0.4 is 5.32 Å². The highest BCUT2D eigenvalue weighted by Crippen LogP contribution is 2.19. The van der Waals surface area contributed by atoms with Crippen molar-refractivity contribution < 1.29 is 4.74 Å². The Labute approximate surface area is 119 Å². The number of hydrogen-bond donors (Lipinski definition) is 1. The van der Waals surface area contributed by atoms with Gasteiger partial charge in [0.1, 0.15) is 0 Å². The van der Waals surface area contributed by atoms with Crippen LogP contribution in [0.3, 0.4) is 0 Å². The maximum Gasteiger partial charge on any atom is 0.0751 e. The quantitative estimate of drug-likeness (QED) is 0.909. The van der Waals surface area contributed by atoms with Gasteiger partial charge in [0.15, 0.2) is 0 Å². The van der Waals surface area contributed by atoms with Crippen molar-refractivity contribution in [3.05, 3.63) is 48.3 Å². The Morgan fingerprint density at radius 2 is 2.15 bits per heavy atom. The predicted octanol–water partition coefficient (Wildman–Crippen LogP) is 2.91. The van der Waals surface area contributed by atoms with Crippen molar-refractivity contribution in [1.82, 2.24) is 9.78 Å². The first kappa shape index (κ1) is 13.2. The van der Waals surface area contributed by atoms with Gasteiger partial charge >= 0.3 is 0 Å². The summed E-state index contributed by atoms with van der Waals surface area (Å²) in [6.07, 6.45) is 6.98. The molecule has 1 aliphatic heterocycles. The largest absolute Gasteiger partial charge is 0.380 e. The van der Waals surface area contributed by atoms with Crippen molar-refractivity contribution in [3.63, 3.8) is 0 Å². The lowest BCUT2D eigenvalue weighted by Crippen LogP contribution is -2.19. The van der Waals surface area contributed by atoms with Crippen LogP contribution in [0.15, 0.2) is 42.7 Å². The Hall–Kier alpha value is -1.81. The highest BCUT2D eigenvalue weighted by Gasteiger charge is 2.21. The van der Waals surface area contributed by atoms with Crippen LogP contribution in [0.5, 0.6) is 0 Å². The highest BCUT2D eigenvalue weighted by molar-refractivity contribution is 5.38. The van der Waals surface area contributed by atoms with Crippen LogP contribution in [0.1, 0.15) is 25.3 Å². The first-order chi connectivity index (χ1) is 9.79. The minimum atomic E-state index is 0.336. The number of nitrogens with zero attached hydrogens (tertiary/aromatic N) is 2. The van der Waals surface area contributed by atoms with Crippen LogP contribution in [0.25, 0.3) is 0 Å². The maximum atomic E-state index is 5.80. The Bertz CT molecular complexity index is 538. The topological polar surface area (TPSA) is 39.1 Å². The minimum absolute atomic E-state index is 0.336. The van der Waals surface area contributed by atoms with Crippen LogP contribution in [-0.2, 0) is 11.3 Å². The molecule has 0 saturated carbocycles. The lowest BCUT2D eigenvalue weighted by Gasteiger charge is -2.11. The molecule has 4 heteroatoms. The van der Waals surface area contributed by atoms with Gasteiger partial charge in [-0.1, -0.05) is 30.3 Å². The second kappa shape index (κ2) is 6.09. The lowest BCUT2D eigenvalue weighted by molar-refractivity contribution is 0.0637.